The molecule has 0 radical (unpaired) electrons. The molecule has 24 heavy (non-hydrogen) atoms. The fourth-order valence-corrected chi connectivity index (χ4v) is 4.21. The van der Waals surface area contributed by atoms with Crippen LogP contribution in [-0.2, 0) is 9.47 Å². The lowest BCUT2D eigenvalue weighted by Gasteiger charge is -2.39. The van der Waals surface area contributed by atoms with Gasteiger partial charge in [-0.25, -0.2) is 4.98 Å². The second-order valence-electron chi connectivity index (χ2n) is 7.06. The molecule has 0 aromatic carbocycles. The van der Waals surface area contributed by atoms with Crippen molar-refractivity contribution in [3.05, 3.63) is 12.3 Å². The van der Waals surface area contributed by atoms with Gasteiger partial charge in [-0.1, -0.05) is 6.92 Å². The van der Waals surface area contributed by atoms with E-state index in [-0.39, 0.29) is 5.79 Å². The molecule has 6 nitrogen and oxygen atoms in total. The summed E-state index contributed by atoms with van der Waals surface area (Å²) in [6.45, 7) is 6.61. The van der Waals surface area contributed by atoms with E-state index < -0.39 is 0 Å². The molecule has 0 saturated carbocycles. The molecule has 3 fully saturated rings. The summed E-state index contributed by atoms with van der Waals surface area (Å²) in [5.74, 6) is 1.59. The zero-order valence-electron chi connectivity index (χ0n) is 14.6. The van der Waals surface area contributed by atoms with Crippen LogP contribution in [0, 0.1) is 0 Å². The molecule has 1 aromatic heterocycles. The van der Waals surface area contributed by atoms with Gasteiger partial charge in [0.05, 0.1) is 13.2 Å². The SMILES string of the molecule is CCC1CCCCN1c1ccnc(N2CCC3(CC2)OCCO3)n1. The molecule has 1 atom stereocenters. The van der Waals surface area contributed by atoms with Gasteiger partial charge < -0.3 is 19.3 Å². The fraction of sp³-hybridized carbons (Fsp3) is 0.778. The zero-order chi connectivity index (χ0) is 16.4. The number of nitrogens with zero attached hydrogens (tertiary/aromatic N) is 4. The van der Waals surface area contributed by atoms with E-state index in [1.54, 1.807) is 0 Å². The van der Waals surface area contributed by atoms with Crippen molar-refractivity contribution in [2.24, 2.45) is 0 Å². The average molecular weight is 332 g/mol. The van der Waals surface area contributed by atoms with Gasteiger partial charge in [-0.05, 0) is 31.7 Å². The van der Waals surface area contributed by atoms with Gasteiger partial charge in [0.2, 0.25) is 5.95 Å². The number of aromatic nitrogens is 2. The molecule has 6 heteroatoms. The molecule has 1 spiro atoms. The Balaban J connectivity index is 1.47. The molecule has 1 aromatic rings. The highest BCUT2D eigenvalue weighted by Crippen LogP contribution is 2.33. The van der Waals surface area contributed by atoms with Crippen LogP contribution in [0.15, 0.2) is 12.3 Å². The smallest absolute Gasteiger partial charge is 0.227 e. The molecular weight excluding hydrogens is 304 g/mol. The molecule has 0 amide bonds. The normalized spacial score (nSPS) is 27.0. The Morgan fingerprint density at radius 1 is 1.17 bits per heavy atom. The number of hydrogen-bond donors (Lipinski definition) is 0. The standard InChI is InChI=1S/C18H28N4O2/c1-2-15-5-3-4-10-22(15)16-6-9-19-17(20-16)21-11-7-18(8-12-21)23-13-14-24-18/h6,9,15H,2-5,7-8,10-14H2,1H3. The van der Waals surface area contributed by atoms with Crippen molar-refractivity contribution in [1.82, 2.24) is 9.97 Å². The Hall–Kier alpha value is -1.40. The first-order valence-electron chi connectivity index (χ1n) is 9.42. The van der Waals surface area contributed by atoms with Crippen LogP contribution in [0.1, 0.15) is 45.4 Å². The molecule has 0 N–H and O–H groups in total. The summed E-state index contributed by atoms with van der Waals surface area (Å²) in [6, 6.07) is 2.68. The highest BCUT2D eigenvalue weighted by molar-refractivity contribution is 5.45. The molecule has 3 saturated heterocycles. The first-order chi connectivity index (χ1) is 11.8. The molecule has 4 rings (SSSR count). The third-order valence-corrected chi connectivity index (χ3v) is 5.64. The Morgan fingerprint density at radius 3 is 2.71 bits per heavy atom. The van der Waals surface area contributed by atoms with Crippen molar-refractivity contribution >= 4 is 11.8 Å². The lowest BCUT2D eigenvalue weighted by Crippen LogP contribution is -2.46. The lowest BCUT2D eigenvalue weighted by atomic mass is 10.0. The Kier molecular flexibility index (Phi) is 4.59. The van der Waals surface area contributed by atoms with Crippen LogP contribution in [-0.4, -0.2) is 54.6 Å². The van der Waals surface area contributed by atoms with E-state index in [9.17, 15) is 0 Å². The van der Waals surface area contributed by atoms with Gasteiger partial charge in [0, 0.05) is 44.7 Å². The van der Waals surface area contributed by atoms with Crippen molar-refractivity contribution < 1.29 is 9.47 Å². The number of anilines is 2. The van der Waals surface area contributed by atoms with Crippen LogP contribution in [0.5, 0.6) is 0 Å². The number of ether oxygens (including phenoxy) is 2. The Morgan fingerprint density at radius 2 is 1.96 bits per heavy atom. The molecule has 0 bridgehead atoms. The number of rotatable bonds is 3. The maximum atomic E-state index is 5.82. The highest BCUT2D eigenvalue weighted by Gasteiger charge is 2.40. The first-order valence-corrected chi connectivity index (χ1v) is 9.42. The summed E-state index contributed by atoms with van der Waals surface area (Å²) in [5.41, 5.74) is 0. The van der Waals surface area contributed by atoms with Gasteiger partial charge in [0.1, 0.15) is 5.82 Å². The van der Waals surface area contributed by atoms with Crippen molar-refractivity contribution in [1.29, 1.82) is 0 Å². The van der Waals surface area contributed by atoms with Gasteiger partial charge in [0.15, 0.2) is 5.79 Å². The molecule has 3 aliphatic heterocycles. The quantitative estimate of drug-likeness (QED) is 0.848. The average Bonchev–Trinajstić information content (AvgIpc) is 3.10. The molecular formula is C18H28N4O2. The fourth-order valence-electron chi connectivity index (χ4n) is 4.21. The minimum Gasteiger partial charge on any atom is -0.353 e. The van der Waals surface area contributed by atoms with E-state index in [4.69, 9.17) is 14.5 Å². The van der Waals surface area contributed by atoms with E-state index in [1.807, 2.05) is 6.20 Å². The molecule has 0 aliphatic carbocycles. The van der Waals surface area contributed by atoms with Crippen LogP contribution in [0.2, 0.25) is 0 Å². The second-order valence-corrected chi connectivity index (χ2v) is 7.06. The molecule has 1 unspecified atom stereocenters. The summed E-state index contributed by atoms with van der Waals surface area (Å²) in [7, 11) is 0. The lowest BCUT2D eigenvalue weighted by molar-refractivity contribution is -0.169. The van der Waals surface area contributed by atoms with Gasteiger partial charge in [-0.15, -0.1) is 0 Å². The topological polar surface area (TPSA) is 50.7 Å². The summed E-state index contributed by atoms with van der Waals surface area (Å²) in [5, 5.41) is 0. The minimum absolute atomic E-state index is 0.339. The third-order valence-electron chi connectivity index (χ3n) is 5.64. The summed E-state index contributed by atoms with van der Waals surface area (Å²) < 4.78 is 11.6. The first kappa shape index (κ1) is 16.1. The molecule has 4 heterocycles. The summed E-state index contributed by atoms with van der Waals surface area (Å²) >= 11 is 0. The van der Waals surface area contributed by atoms with E-state index in [0.717, 1.165) is 57.5 Å². The number of hydrogen-bond acceptors (Lipinski definition) is 6. The largest absolute Gasteiger partial charge is 0.353 e. The van der Waals surface area contributed by atoms with Crippen molar-refractivity contribution in [2.45, 2.75) is 57.3 Å². The van der Waals surface area contributed by atoms with Gasteiger partial charge in [-0.2, -0.15) is 4.98 Å². The predicted molar refractivity (Wildman–Crippen MR) is 93.4 cm³/mol. The maximum Gasteiger partial charge on any atom is 0.227 e. The van der Waals surface area contributed by atoms with Crippen LogP contribution in [0.4, 0.5) is 11.8 Å². The van der Waals surface area contributed by atoms with Gasteiger partial charge in [-0.3, -0.25) is 0 Å². The molecule has 3 aliphatic rings. The highest BCUT2D eigenvalue weighted by atomic mass is 16.7. The summed E-state index contributed by atoms with van der Waals surface area (Å²) in [6.07, 6.45) is 8.74. The van der Waals surface area contributed by atoms with Crippen LogP contribution in [0.3, 0.4) is 0 Å². The van der Waals surface area contributed by atoms with E-state index in [1.165, 1.54) is 25.7 Å². The van der Waals surface area contributed by atoms with E-state index in [0.29, 0.717) is 6.04 Å². The van der Waals surface area contributed by atoms with Crippen molar-refractivity contribution in [3.63, 3.8) is 0 Å². The number of piperidine rings is 2. The van der Waals surface area contributed by atoms with Crippen molar-refractivity contribution in [3.8, 4) is 0 Å². The summed E-state index contributed by atoms with van der Waals surface area (Å²) in [4.78, 5) is 14.2. The monoisotopic (exact) mass is 332 g/mol. The van der Waals surface area contributed by atoms with Crippen LogP contribution in [0.25, 0.3) is 0 Å². The third kappa shape index (κ3) is 3.09. The maximum absolute atomic E-state index is 5.82. The Labute approximate surface area is 144 Å². The molecule has 132 valence electrons. The van der Waals surface area contributed by atoms with Crippen LogP contribution < -0.4 is 9.80 Å². The zero-order valence-corrected chi connectivity index (χ0v) is 14.6. The van der Waals surface area contributed by atoms with E-state index in [2.05, 4.69) is 27.8 Å². The van der Waals surface area contributed by atoms with Crippen LogP contribution >= 0.6 is 0 Å². The Bertz CT molecular complexity index is 552. The van der Waals surface area contributed by atoms with E-state index >= 15 is 0 Å². The minimum atomic E-state index is -0.339. The second kappa shape index (κ2) is 6.84. The predicted octanol–water partition coefficient (Wildman–Crippen LogP) is 2.59. The van der Waals surface area contributed by atoms with Crippen molar-refractivity contribution in [2.75, 3.05) is 42.6 Å². The van der Waals surface area contributed by atoms with Gasteiger partial charge in [0.25, 0.3) is 0 Å². The van der Waals surface area contributed by atoms with Gasteiger partial charge >= 0.3 is 0 Å².